The average molecular weight is 366 g/mol. The van der Waals surface area contributed by atoms with E-state index in [-0.39, 0.29) is 11.9 Å². The largest absolute Gasteiger partial charge is 0.496 e. The van der Waals surface area contributed by atoms with Gasteiger partial charge in [-0.15, -0.1) is 16.4 Å². The lowest BCUT2D eigenvalue weighted by atomic mass is 10.1. The molecule has 4 rings (SSSR count). The Labute approximate surface area is 152 Å². The summed E-state index contributed by atoms with van der Waals surface area (Å²) in [5.41, 5.74) is 0.972. The highest BCUT2D eigenvalue weighted by molar-refractivity contribution is 7.09. The lowest BCUT2D eigenvalue weighted by Gasteiger charge is -2.09. The van der Waals surface area contributed by atoms with Crippen molar-refractivity contribution < 1.29 is 13.9 Å². The molecule has 0 unspecified atom stereocenters. The summed E-state index contributed by atoms with van der Waals surface area (Å²) in [5, 5.41) is 15.0. The van der Waals surface area contributed by atoms with Crippen molar-refractivity contribution in [3.05, 3.63) is 52.3 Å². The van der Waals surface area contributed by atoms with Crippen LogP contribution in [0.1, 0.15) is 15.4 Å². The fraction of sp³-hybridized carbons (Fsp3) is 0.111. The van der Waals surface area contributed by atoms with Crippen LogP contribution in [0, 0.1) is 6.92 Å². The van der Waals surface area contributed by atoms with Crippen molar-refractivity contribution in [3.63, 3.8) is 0 Å². The van der Waals surface area contributed by atoms with Gasteiger partial charge < -0.3 is 9.15 Å². The molecule has 8 heteroatoms. The number of nitrogens with zero attached hydrogens (tertiary/aromatic N) is 3. The second kappa shape index (κ2) is 6.57. The number of aromatic nitrogens is 3. The number of amides is 1. The predicted molar refractivity (Wildman–Crippen MR) is 98.6 cm³/mol. The summed E-state index contributed by atoms with van der Waals surface area (Å²) in [6.45, 7) is 1.89. The van der Waals surface area contributed by atoms with Gasteiger partial charge in [0.25, 0.3) is 11.8 Å². The van der Waals surface area contributed by atoms with Crippen molar-refractivity contribution in [1.82, 2.24) is 15.2 Å². The average Bonchev–Trinajstić information content (AvgIpc) is 3.29. The second-order valence-corrected chi connectivity index (χ2v) is 6.58. The molecular weight excluding hydrogens is 352 g/mol. The first kappa shape index (κ1) is 16.2. The van der Waals surface area contributed by atoms with Crippen molar-refractivity contribution >= 4 is 34.0 Å². The summed E-state index contributed by atoms with van der Waals surface area (Å²) in [4.78, 5) is 16.9. The number of fused-ring (bicyclic) bond motifs is 1. The molecule has 1 N–H and O–H groups in total. The minimum Gasteiger partial charge on any atom is -0.496 e. The number of ether oxygens (including phenoxy) is 1. The van der Waals surface area contributed by atoms with Crippen molar-refractivity contribution in [2.24, 2.45) is 0 Å². The minimum absolute atomic E-state index is 0.00543. The molecule has 0 radical (unpaired) electrons. The molecule has 0 fully saturated rings. The number of anilines is 1. The van der Waals surface area contributed by atoms with E-state index in [2.05, 4.69) is 20.5 Å². The van der Waals surface area contributed by atoms with Crippen LogP contribution in [-0.4, -0.2) is 28.2 Å². The number of carbonyl (C=O) groups excluding carboxylic acids is 1. The van der Waals surface area contributed by atoms with Gasteiger partial charge in [-0.2, -0.15) is 0 Å². The van der Waals surface area contributed by atoms with Crippen LogP contribution < -0.4 is 10.1 Å². The monoisotopic (exact) mass is 366 g/mol. The van der Waals surface area contributed by atoms with Gasteiger partial charge in [0.15, 0.2) is 0 Å². The molecule has 0 aliphatic carbocycles. The summed E-state index contributed by atoms with van der Waals surface area (Å²) in [6.07, 6.45) is 0. The van der Waals surface area contributed by atoms with Crippen molar-refractivity contribution in [2.45, 2.75) is 6.92 Å². The Morgan fingerprint density at radius 1 is 1.19 bits per heavy atom. The second-order valence-electron chi connectivity index (χ2n) is 5.52. The van der Waals surface area contributed by atoms with E-state index >= 15 is 0 Å². The molecule has 0 aliphatic heterocycles. The van der Waals surface area contributed by atoms with Crippen LogP contribution in [0.5, 0.6) is 5.75 Å². The van der Waals surface area contributed by atoms with Gasteiger partial charge in [-0.3, -0.25) is 10.1 Å². The van der Waals surface area contributed by atoms with E-state index in [1.54, 1.807) is 6.07 Å². The molecular formula is C18H14N4O3S. The summed E-state index contributed by atoms with van der Waals surface area (Å²) in [7, 11) is 1.52. The number of nitrogens with one attached hydrogen (secondary N) is 1. The third-order valence-electron chi connectivity index (χ3n) is 3.80. The topological polar surface area (TPSA) is 90.1 Å². The highest BCUT2D eigenvalue weighted by atomic mass is 32.1. The number of hydrogen-bond acceptors (Lipinski definition) is 7. The van der Waals surface area contributed by atoms with E-state index in [1.165, 1.54) is 18.4 Å². The summed E-state index contributed by atoms with van der Waals surface area (Å²) in [5.74, 6) is 0.337. The number of hydrogen-bond donors (Lipinski definition) is 1. The summed E-state index contributed by atoms with van der Waals surface area (Å²) < 4.78 is 10.8. The van der Waals surface area contributed by atoms with E-state index in [4.69, 9.17) is 9.15 Å². The van der Waals surface area contributed by atoms with Gasteiger partial charge >= 0.3 is 6.01 Å². The van der Waals surface area contributed by atoms with E-state index in [0.717, 1.165) is 15.8 Å². The Balaban J connectivity index is 1.62. The highest BCUT2D eigenvalue weighted by Gasteiger charge is 2.18. The molecule has 0 bridgehead atoms. The smallest absolute Gasteiger partial charge is 0.322 e. The quantitative estimate of drug-likeness (QED) is 0.589. The van der Waals surface area contributed by atoms with Crippen LogP contribution in [0.2, 0.25) is 0 Å². The van der Waals surface area contributed by atoms with Gasteiger partial charge in [0, 0.05) is 5.38 Å². The lowest BCUT2D eigenvalue weighted by Crippen LogP contribution is -2.13. The summed E-state index contributed by atoms with van der Waals surface area (Å²) >= 11 is 1.48. The molecule has 130 valence electrons. The van der Waals surface area contributed by atoms with Gasteiger partial charge in [-0.1, -0.05) is 29.4 Å². The van der Waals surface area contributed by atoms with Crippen molar-refractivity contribution in [1.29, 1.82) is 0 Å². The molecule has 1 amide bonds. The maximum atomic E-state index is 12.7. The Kier molecular flexibility index (Phi) is 4.10. The van der Waals surface area contributed by atoms with Gasteiger partial charge in [0.05, 0.1) is 17.7 Å². The third-order valence-corrected chi connectivity index (χ3v) is 4.57. The number of benzene rings is 2. The normalized spacial score (nSPS) is 10.8. The first-order chi connectivity index (χ1) is 12.6. The molecule has 7 nitrogen and oxygen atoms in total. The van der Waals surface area contributed by atoms with Gasteiger partial charge in [0.1, 0.15) is 11.4 Å². The zero-order chi connectivity index (χ0) is 18.1. The van der Waals surface area contributed by atoms with Crippen LogP contribution >= 0.6 is 11.3 Å². The molecule has 2 aromatic carbocycles. The number of methoxy groups -OCH3 is 1. The summed E-state index contributed by atoms with van der Waals surface area (Å²) in [6, 6.07) is 11.3. The molecule has 2 aromatic heterocycles. The molecule has 0 atom stereocenters. The molecule has 0 spiro atoms. The van der Waals surface area contributed by atoms with Gasteiger partial charge in [-0.25, -0.2) is 4.98 Å². The van der Waals surface area contributed by atoms with Crippen LogP contribution in [0.4, 0.5) is 6.01 Å². The van der Waals surface area contributed by atoms with E-state index in [0.29, 0.717) is 17.0 Å². The Morgan fingerprint density at radius 2 is 1.96 bits per heavy atom. The minimum atomic E-state index is -0.391. The van der Waals surface area contributed by atoms with E-state index < -0.39 is 5.91 Å². The van der Waals surface area contributed by atoms with Crippen molar-refractivity contribution in [2.75, 3.05) is 12.4 Å². The fourth-order valence-corrected chi connectivity index (χ4v) is 3.16. The molecule has 0 saturated heterocycles. The van der Waals surface area contributed by atoms with Crippen LogP contribution in [0.15, 0.2) is 46.2 Å². The first-order valence-electron chi connectivity index (χ1n) is 7.78. The van der Waals surface area contributed by atoms with Crippen LogP contribution in [-0.2, 0) is 0 Å². The number of aryl methyl sites for hydroxylation is 1. The van der Waals surface area contributed by atoms with Crippen LogP contribution in [0.25, 0.3) is 22.4 Å². The van der Waals surface area contributed by atoms with Gasteiger partial charge in [-0.05, 0) is 29.8 Å². The molecule has 4 aromatic rings. The first-order valence-corrected chi connectivity index (χ1v) is 8.66. The third kappa shape index (κ3) is 3.02. The molecule has 0 saturated carbocycles. The Hall–Kier alpha value is -3.26. The zero-order valence-electron chi connectivity index (χ0n) is 14.0. The SMILES string of the molecule is COc1cc2ccccc2cc1C(=O)Nc1nnc(-c2csc(C)n2)o1. The number of rotatable bonds is 4. The standard InChI is InChI=1S/C18H14N4O3S/c1-10-19-14(9-26-10)17-21-22-18(25-17)20-16(23)13-7-11-5-3-4-6-12(11)8-15(13)24-2/h3-9H,1-2H3,(H,20,22,23). The van der Waals surface area contributed by atoms with E-state index in [9.17, 15) is 4.79 Å². The van der Waals surface area contributed by atoms with E-state index in [1.807, 2.05) is 42.6 Å². The fourth-order valence-electron chi connectivity index (χ4n) is 2.57. The molecule has 2 heterocycles. The number of thiazole rings is 1. The zero-order valence-corrected chi connectivity index (χ0v) is 14.8. The predicted octanol–water partition coefficient (Wildman–Crippen LogP) is 3.92. The maximum absolute atomic E-state index is 12.7. The Morgan fingerprint density at radius 3 is 2.65 bits per heavy atom. The number of carbonyl (C=O) groups is 1. The maximum Gasteiger partial charge on any atom is 0.322 e. The highest BCUT2D eigenvalue weighted by Crippen LogP contribution is 2.27. The molecule has 0 aliphatic rings. The van der Waals surface area contributed by atoms with Gasteiger partial charge in [0.2, 0.25) is 0 Å². The Bertz CT molecular complexity index is 1100. The molecule has 26 heavy (non-hydrogen) atoms. The van der Waals surface area contributed by atoms with Crippen molar-refractivity contribution in [3.8, 4) is 17.3 Å². The lowest BCUT2D eigenvalue weighted by molar-refractivity contribution is 0.102. The van der Waals surface area contributed by atoms with Crippen LogP contribution in [0.3, 0.4) is 0 Å².